The zero-order valence-electron chi connectivity index (χ0n) is 11.1. The van der Waals surface area contributed by atoms with Crippen molar-refractivity contribution in [3.63, 3.8) is 0 Å². The summed E-state index contributed by atoms with van der Waals surface area (Å²) in [6.45, 7) is 6.08. The highest BCUT2D eigenvalue weighted by molar-refractivity contribution is 9.10. The summed E-state index contributed by atoms with van der Waals surface area (Å²) in [6.07, 6.45) is 0. The molecule has 0 heterocycles. The highest BCUT2D eigenvalue weighted by Crippen LogP contribution is 2.33. The van der Waals surface area contributed by atoms with Gasteiger partial charge in [0, 0.05) is 4.47 Å². The summed E-state index contributed by atoms with van der Waals surface area (Å²) in [6, 6.07) is 11.7. The van der Waals surface area contributed by atoms with Gasteiger partial charge in [-0.1, -0.05) is 28.1 Å². The van der Waals surface area contributed by atoms with Gasteiger partial charge in [-0.15, -0.1) is 0 Å². The molecule has 0 amide bonds. The highest BCUT2D eigenvalue weighted by Gasteiger charge is 2.11. The number of benzene rings is 2. The monoisotopic (exact) mass is 315 g/mol. The molecule has 3 heteroatoms. The summed E-state index contributed by atoms with van der Waals surface area (Å²) in [4.78, 5) is 0. The first kappa shape index (κ1) is 13.6. The molecule has 0 unspecified atom stereocenters. The predicted molar refractivity (Wildman–Crippen MR) is 79.6 cm³/mol. The first-order valence-corrected chi connectivity index (χ1v) is 6.76. The van der Waals surface area contributed by atoms with Gasteiger partial charge in [-0.2, -0.15) is 5.26 Å². The van der Waals surface area contributed by atoms with Gasteiger partial charge in [0.2, 0.25) is 0 Å². The normalized spacial score (nSPS) is 10.1. The number of nitriles is 1. The third-order valence-corrected chi connectivity index (χ3v) is 3.64. The molecule has 0 aliphatic rings. The van der Waals surface area contributed by atoms with Crippen molar-refractivity contribution in [2.24, 2.45) is 0 Å². The van der Waals surface area contributed by atoms with Gasteiger partial charge < -0.3 is 4.74 Å². The lowest BCUT2D eigenvalue weighted by molar-refractivity contribution is 0.472. The molecule has 2 aromatic rings. The van der Waals surface area contributed by atoms with E-state index in [0.29, 0.717) is 11.3 Å². The largest absolute Gasteiger partial charge is 0.455 e. The minimum absolute atomic E-state index is 0.531. The molecule has 0 fully saturated rings. The van der Waals surface area contributed by atoms with Crippen LogP contribution in [-0.4, -0.2) is 0 Å². The summed E-state index contributed by atoms with van der Waals surface area (Å²) in [5, 5.41) is 9.14. The Morgan fingerprint density at radius 2 is 1.74 bits per heavy atom. The molecular formula is C16H14BrNO. The molecule has 19 heavy (non-hydrogen) atoms. The number of hydrogen-bond donors (Lipinski definition) is 0. The second-order valence-electron chi connectivity index (χ2n) is 4.51. The Kier molecular flexibility index (Phi) is 3.92. The van der Waals surface area contributed by atoms with Crippen molar-refractivity contribution in [2.75, 3.05) is 0 Å². The number of hydrogen-bond acceptors (Lipinski definition) is 2. The van der Waals surface area contributed by atoms with Gasteiger partial charge in [-0.05, 0) is 55.7 Å². The molecule has 96 valence electrons. The van der Waals surface area contributed by atoms with E-state index in [1.54, 1.807) is 6.07 Å². The summed E-state index contributed by atoms with van der Waals surface area (Å²) < 4.78 is 6.86. The molecule has 0 saturated carbocycles. The average molecular weight is 316 g/mol. The first-order valence-electron chi connectivity index (χ1n) is 5.97. The maximum atomic E-state index is 9.14. The maximum Gasteiger partial charge on any atom is 0.146 e. The minimum atomic E-state index is 0.531. The molecule has 0 aliphatic carbocycles. The summed E-state index contributed by atoms with van der Waals surface area (Å²) in [5.41, 5.74) is 3.87. The number of nitrogens with zero attached hydrogens (tertiary/aromatic N) is 1. The van der Waals surface area contributed by atoms with Crippen LogP contribution in [0.4, 0.5) is 0 Å². The van der Waals surface area contributed by atoms with Crippen molar-refractivity contribution in [1.29, 1.82) is 5.26 Å². The Balaban J connectivity index is 2.51. The SMILES string of the molecule is Cc1ccc(C)c(Oc2cc(Br)ccc2C#N)c1C. The molecule has 0 atom stereocenters. The molecule has 0 aliphatic heterocycles. The van der Waals surface area contributed by atoms with Crippen LogP contribution >= 0.6 is 15.9 Å². The average Bonchev–Trinajstić information content (AvgIpc) is 2.39. The van der Waals surface area contributed by atoms with Crippen LogP contribution in [0.5, 0.6) is 11.5 Å². The van der Waals surface area contributed by atoms with Crippen molar-refractivity contribution >= 4 is 15.9 Å². The van der Waals surface area contributed by atoms with Gasteiger partial charge in [0.05, 0.1) is 5.56 Å². The zero-order valence-corrected chi connectivity index (χ0v) is 12.7. The highest BCUT2D eigenvalue weighted by atomic mass is 79.9. The number of halogens is 1. The third-order valence-electron chi connectivity index (χ3n) is 3.15. The topological polar surface area (TPSA) is 33.0 Å². The van der Waals surface area contributed by atoms with Crippen LogP contribution in [-0.2, 0) is 0 Å². The van der Waals surface area contributed by atoms with E-state index < -0.39 is 0 Å². The molecule has 0 aromatic heterocycles. The Morgan fingerprint density at radius 3 is 2.42 bits per heavy atom. The first-order chi connectivity index (χ1) is 9.02. The predicted octanol–water partition coefficient (Wildman–Crippen LogP) is 5.04. The van der Waals surface area contributed by atoms with Crippen LogP contribution in [0.15, 0.2) is 34.8 Å². The van der Waals surface area contributed by atoms with E-state index in [4.69, 9.17) is 10.00 Å². The van der Waals surface area contributed by atoms with Crippen molar-refractivity contribution in [2.45, 2.75) is 20.8 Å². The Bertz CT molecular complexity index is 671. The van der Waals surface area contributed by atoms with E-state index in [1.165, 1.54) is 5.56 Å². The van der Waals surface area contributed by atoms with E-state index in [9.17, 15) is 0 Å². The van der Waals surface area contributed by atoms with Crippen molar-refractivity contribution in [3.8, 4) is 17.6 Å². The third kappa shape index (κ3) is 2.80. The second-order valence-corrected chi connectivity index (χ2v) is 5.42. The number of aryl methyl sites for hydroxylation is 2. The maximum absolute atomic E-state index is 9.14. The van der Waals surface area contributed by atoms with E-state index in [-0.39, 0.29) is 0 Å². The van der Waals surface area contributed by atoms with Gasteiger partial charge in [-0.25, -0.2) is 0 Å². The Morgan fingerprint density at radius 1 is 1.05 bits per heavy atom. The molecule has 0 spiro atoms. The van der Waals surface area contributed by atoms with Crippen LogP contribution in [0, 0.1) is 32.1 Å². The summed E-state index contributed by atoms with van der Waals surface area (Å²) in [5.74, 6) is 1.41. The lowest BCUT2D eigenvalue weighted by atomic mass is 10.1. The van der Waals surface area contributed by atoms with Crippen molar-refractivity contribution < 1.29 is 4.74 Å². The fraction of sp³-hybridized carbons (Fsp3) is 0.188. The van der Waals surface area contributed by atoms with Gasteiger partial charge in [0.25, 0.3) is 0 Å². The van der Waals surface area contributed by atoms with E-state index in [1.807, 2.05) is 39.0 Å². The Hall–Kier alpha value is -1.79. The van der Waals surface area contributed by atoms with E-state index in [2.05, 4.69) is 28.1 Å². The van der Waals surface area contributed by atoms with E-state index >= 15 is 0 Å². The van der Waals surface area contributed by atoms with Crippen LogP contribution in [0.1, 0.15) is 22.3 Å². The van der Waals surface area contributed by atoms with Gasteiger partial charge >= 0.3 is 0 Å². The molecule has 0 radical (unpaired) electrons. The standard InChI is InChI=1S/C16H14BrNO/c1-10-4-5-11(2)16(12(10)3)19-15-8-14(17)7-6-13(15)9-18/h4-8H,1-3H3. The Labute approximate surface area is 121 Å². The van der Waals surface area contributed by atoms with Crippen LogP contribution < -0.4 is 4.74 Å². The van der Waals surface area contributed by atoms with Crippen molar-refractivity contribution in [1.82, 2.24) is 0 Å². The minimum Gasteiger partial charge on any atom is -0.455 e. The van der Waals surface area contributed by atoms with E-state index in [0.717, 1.165) is 21.3 Å². The fourth-order valence-corrected chi connectivity index (χ4v) is 2.21. The smallest absolute Gasteiger partial charge is 0.146 e. The lowest BCUT2D eigenvalue weighted by Gasteiger charge is -2.14. The van der Waals surface area contributed by atoms with Gasteiger partial charge in [-0.3, -0.25) is 0 Å². The van der Waals surface area contributed by atoms with Crippen molar-refractivity contribution in [3.05, 3.63) is 57.1 Å². The van der Waals surface area contributed by atoms with Crippen LogP contribution in [0.25, 0.3) is 0 Å². The molecule has 2 nitrogen and oxygen atoms in total. The van der Waals surface area contributed by atoms with Crippen LogP contribution in [0.3, 0.4) is 0 Å². The summed E-state index contributed by atoms with van der Waals surface area (Å²) in [7, 11) is 0. The molecule has 0 bridgehead atoms. The fourth-order valence-electron chi connectivity index (χ4n) is 1.87. The number of rotatable bonds is 2. The molecule has 2 aromatic carbocycles. The molecule has 0 N–H and O–H groups in total. The van der Waals surface area contributed by atoms with Gasteiger partial charge in [0.15, 0.2) is 0 Å². The molecule has 0 saturated heterocycles. The molecular weight excluding hydrogens is 302 g/mol. The second kappa shape index (κ2) is 5.46. The lowest BCUT2D eigenvalue weighted by Crippen LogP contribution is -1.95. The van der Waals surface area contributed by atoms with Gasteiger partial charge in [0.1, 0.15) is 17.6 Å². The summed E-state index contributed by atoms with van der Waals surface area (Å²) >= 11 is 3.40. The number of ether oxygens (including phenoxy) is 1. The van der Waals surface area contributed by atoms with Crippen LogP contribution in [0.2, 0.25) is 0 Å². The quantitative estimate of drug-likeness (QED) is 0.778. The molecule has 2 rings (SSSR count). The zero-order chi connectivity index (χ0) is 14.0.